The van der Waals surface area contributed by atoms with Crippen LogP contribution in [-0.4, -0.2) is 48.3 Å². The van der Waals surface area contributed by atoms with Crippen LogP contribution >= 0.6 is 11.3 Å². The quantitative estimate of drug-likeness (QED) is 0.737. The number of rotatable bonds is 4. The van der Waals surface area contributed by atoms with E-state index < -0.39 is 5.97 Å². The van der Waals surface area contributed by atoms with Crippen LogP contribution in [0.25, 0.3) is 0 Å². The van der Waals surface area contributed by atoms with Crippen LogP contribution in [0.5, 0.6) is 0 Å². The van der Waals surface area contributed by atoms with E-state index in [1.165, 1.54) is 11.3 Å². The number of amides is 1. The van der Waals surface area contributed by atoms with Gasteiger partial charge in [-0.3, -0.25) is 4.79 Å². The number of thiophene rings is 1. The third kappa shape index (κ3) is 4.32. The Morgan fingerprint density at radius 1 is 1.19 bits per heavy atom. The molecule has 3 heterocycles. The van der Waals surface area contributed by atoms with Gasteiger partial charge in [-0.1, -0.05) is 27.7 Å². The van der Waals surface area contributed by atoms with Crippen molar-refractivity contribution < 1.29 is 19.4 Å². The summed E-state index contributed by atoms with van der Waals surface area (Å²) in [5.41, 5.74) is 1.35. The molecule has 1 amide bonds. The number of nitrogens with one attached hydrogen (secondary N) is 1. The predicted molar refractivity (Wildman–Crippen MR) is 122 cm³/mol. The van der Waals surface area contributed by atoms with Gasteiger partial charge in [-0.05, 0) is 41.4 Å². The van der Waals surface area contributed by atoms with Gasteiger partial charge in [-0.25, -0.2) is 9.78 Å². The van der Waals surface area contributed by atoms with Crippen LogP contribution in [0.15, 0.2) is 18.3 Å². The standard InChI is InChI=1S/C23H29N3O4S/c1-22(2)11-15-17(21(28)29)20(31-18(15)23(3,4)13-22)25-19(27)14-5-6-16(24-12-14)26-7-9-30-10-8-26/h5-6,12H,7-11,13H2,1-4H3,(H,25,27)(H,28,29). The molecule has 0 radical (unpaired) electrons. The predicted octanol–water partition coefficient (Wildman–Crippen LogP) is 4.18. The lowest BCUT2D eigenvalue weighted by molar-refractivity contribution is 0.0696. The maximum atomic E-state index is 12.9. The third-order valence-electron chi connectivity index (χ3n) is 5.98. The number of aromatic nitrogens is 1. The summed E-state index contributed by atoms with van der Waals surface area (Å²) in [6.07, 6.45) is 3.20. The Kier molecular flexibility index (Phi) is 5.55. The number of ether oxygens (including phenoxy) is 1. The summed E-state index contributed by atoms with van der Waals surface area (Å²) in [5.74, 6) is -0.539. The second kappa shape index (κ2) is 7.91. The molecular weight excluding hydrogens is 414 g/mol. The Bertz CT molecular complexity index is 1000. The van der Waals surface area contributed by atoms with Gasteiger partial charge in [0.15, 0.2) is 0 Å². The van der Waals surface area contributed by atoms with E-state index in [2.05, 4.69) is 42.9 Å². The third-order valence-corrected chi connectivity index (χ3v) is 7.50. The Balaban J connectivity index is 1.60. The molecule has 1 fully saturated rings. The maximum absolute atomic E-state index is 12.9. The van der Waals surface area contributed by atoms with Crippen molar-refractivity contribution in [1.82, 2.24) is 4.98 Å². The van der Waals surface area contributed by atoms with Crippen molar-refractivity contribution in [2.45, 2.75) is 46.0 Å². The lowest BCUT2D eigenvalue weighted by Gasteiger charge is -2.40. The Labute approximate surface area is 186 Å². The van der Waals surface area contributed by atoms with E-state index in [1.54, 1.807) is 12.3 Å². The zero-order chi connectivity index (χ0) is 22.4. The fourth-order valence-electron chi connectivity index (χ4n) is 4.99. The van der Waals surface area contributed by atoms with Crippen LogP contribution in [-0.2, 0) is 16.6 Å². The molecule has 8 heteroatoms. The topological polar surface area (TPSA) is 91.8 Å². The van der Waals surface area contributed by atoms with E-state index in [0.29, 0.717) is 30.2 Å². The molecule has 0 atom stereocenters. The minimum absolute atomic E-state index is 0.00228. The largest absolute Gasteiger partial charge is 0.478 e. The molecule has 31 heavy (non-hydrogen) atoms. The van der Waals surface area contributed by atoms with Crippen LogP contribution in [0.4, 0.5) is 10.8 Å². The number of aromatic carboxylic acids is 1. The molecule has 0 spiro atoms. The Hall–Kier alpha value is -2.45. The smallest absolute Gasteiger partial charge is 0.339 e. The van der Waals surface area contributed by atoms with Gasteiger partial charge in [0.25, 0.3) is 5.91 Å². The average Bonchev–Trinajstić information content (AvgIpc) is 3.06. The molecule has 4 rings (SSSR count). The van der Waals surface area contributed by atoms with E-state index in [4.69, 9.17) is 4.74 Å². The highest BCUT2D eigenvalue weighted by molar-refractivity contribution is 7.17. The first kappa shape index (κ1) is 21.8. The van der Waals surface area contributed by atoms with Crippen molar-refractivity contribution in [3.8, 4) is 0 Å². The number of pyridine rings is 1. The summed E-state index contributed by atoms with van der Waals surface area (Å²) >= 11 is 1.39. The first-order valence-electron chi connectivity index (χ1n) is 10.6. The number of anilines is 2. The zero-order valence-corrected chi connectivity index (χ0v) is 19.3. The van der Waals surface area contributed by atoms with Gasteiger partial charge in [0.1, 0.15) is 10.8 Å². The fraction of sp³-hybridized carbons (Fsp3) is 0.522. The molecule has 2 aromatic rings. The lowest BCUT2D eigenvalue weighted by atomic mass is 9.65. The molecule has 1 saturated heterocycles. The highest BCUT2D eigenvalue weighted by Gasteiger charge is 2.42. The second-order valence-electron chi connectivity index (χ2n) is 9.78. The van der Waals surface area contributed by atoms with Crippen LogP contribution in [0, 0.1) is 5.41 Å². The van der Waals surface area contributed by atoms with Crippen LogP contribution in [0.2, 0.25) is 0 Å². The molecule has 0 bridgehead atoms. The van der Waals surface area contributed by atoms with E-state index in [-0.39, 0.29) is 22.3 Å². The zero-order valence-electron chi connectivity index (χ0n) is 18.4. The SMILES string of the molecule is CC1(C)Cc2c(sc(NC(=O)c3ccc(N4CCOCC4)nc3)c2C(=O)O)C(C)(C)C1. The van der Waals surface area contributed by atoms with Crippen molar-refractivity contribution in [2.24, 2.45) is 5.41 Å². The molecule has 0 unspecified atom stereocenters. The number of morpholine rings is 1. The maximum Gasteiger partial charge on any atom is 0.339 e. The number of hydrogen-bond acceptors (Lipinski definition) is 6. The van der Waals surface area contributed by atoms with Crippen LogP contribution in [0.1, 0.15) is 65.3 Å². The summed E-state index contributed by atoms with van der Waals surface area (Å²) in [6.45, 7) is 11.5. The minimum atomic E-state index is -0.998. The van der Waals surface area contributed by atoms with Crippen molar-refractivity contribution >= 4 is 34.0 Å². The highest BCUT2D eigenvalue weighted by atomic mass is 32.1. The first-order valence-corrected chi connectivity index (χ1v) is 11.4. The number of nitrogens with zero attached hydrogens (tertiary/aromatic N) is 2. The van der Waals surface area contributed by atoms with Gasteiger partial charge in [-0.15, -0.1) is 11.3 Å². The number of carboxylic acids is 1. The van der Waals surface area contributed by atoms with Crippen molar-refractivity contribution in [3.05, 3.63) is 39.9 Å². The van der Waals surface area contributed by atoms with E-state index >= 15 is 0 Å². The molecule has 0 saturated carbocycles. The molecule has 2 aromatic heterocycles. The van der Waals surface area contributed by atoms with Gasteiger partial charge in [0.2, 0.25) is 0 Å². The summed E-state index contributed by atoms with van der Waals surface area (Å²) in [6, 6.07) is 3.55. The number of hydrogen-bond donors (Lipinski definition) is 2. The monoisotopic (exact) mass is 443 g/mol. The number of carbonyl (C=O) groups is 2. The van der Waals surface area contributed by atoms with Crippen molar-refractivity contribution in [2.75, 3.05) is 36.5 Å². The molecule has 7 nitrogen and oxygen atoms in total. The minimum Gasteiger partial charge on any atom is -0.478 e. The summed E-state index contributed by atoms with van der Waals surface area (Å²) in [7, 11) is 0. The summed E-state index contributed by atoms with van der Waals surface area (Å²) < 4.78 is 5.36. The first-order chi connectivity index (χ1) is 14.6. The molecule has 0 aromatic carbocycles. The van der Waals surface area contributed by atoms with Crippen LogP contribution < -0.4 is 10.2 Å². The van der Waals surface area contributed by atoms with Gasteiger partial charge in [0.05, 0.1) is 24.3 Å². The molecule has 2 aliphatic rings. The lowest BCUT2D eigenvalue weighted by Crippen LogP contribution is -2.36. The number of fused-ring (bicyclic) bond motifs is 1. The van der Waals surface area contributed by atoms with Gasteiger partial charge in [-0.2, -0.15) is 0 Å². The average molecular weight is 444 g/mol. The normalized spacial score (nSPS) is 19.5. The Morgan fingerprint density at radius 2 is 1.90 bits per heavy atom. The summed E-state index contributed by atoms with van der Waals surface area (Å²) in [4.78, 5) is 32.6. The molecule has 1 aliphatic carbocycles. The fourth-order valence-corrected chi connectivity index (χ4v) is 6.29. The summed E-state index contributed by atoms with van der Waals surface area (Å²) in [5, 5.41) is 13.2. The number of carboxylic acid groups (broad SMARTS) is 1. The van der Waals surface area contributed by atoms with Crippen molar-refractivity contribution in [1.29, 1.82) is 0 Å². The molecular formula is C23H29N3O4S. The van der Waals surface area contributed by atoms with Crippen molar-refractivity contribution in [3.63, 3.8) is 0 Å². The second-order valence-corrected chi connectivity index (χ2v) is 10.8. The molecule has 1 aliphatic heterocycles. The van der Waals surface area contributed by atoms with Gasteiger partial charge in [0, 0.05) is 24.2 Å². The number of carbonyl (C=O) groups excluding carboxylic acids is 1. The molecule has 166 valence electrons. The highest BCUT2D eigenvalue weighted by Crippen LogP contribution is 2.52. The van der Waals surface area contributed by atoms with E-state index in [0.717, 1.165) is 35.8 Å². The van der Waals surface area contributed by atoms with Gasteiger partial charge >= 0.3 is 5.97 Å². The Morgan fingerprint density at radius 3 is 2.52 bits per heavy atom. The van der Waals surface area contributed by atoms with E-state index in [1.807, 2.05) is 6.07 Å². The van der Waals surface area contributed by atoms with Crippen LogP contribution in [0.3, 0.4) is 0 Å². The van der Waals surface area contributed by atoms with Gasteiger partial charge < -0.3 is 20.1 Å². The molecule has 2 N–H and O–H groups in total. The van der Waals surface area contributed by atoms with E-state index in [9.17, 15) is 14.7 Å².